The molecule has 0 saturated carbocycles. The van der Waals surface area contributed by atoms with Crippen LogP contribution in [0.2, 0.25) is 0 Å². The molecule has 0 spiro atoms. The molecule has 186 valence electrons. The molecule has 2 heterocycles. The number of nitrogens with zero attached hydrogens (tertiary/aromatic N) is 1. The van der Waals surface area contributed by atoms with Crippen LogP contribution >= 0.6 is 0 Å². The van der Waals surface area contributed by atoms with Gasteiger partial charge in [-0.15, -0.1) is 0 Å². The number of amides is 2. The Balaban J connectivity index is 1.54. The molecule has 7 heteroatoms. The average Bonchev–Trinajstić information content (AvgIpc) is 3.36. The number of carbonyl (C=O) groups is 3. The maximum atomic E-state index is 13.2. The van der Waals surface area contributed by atoms with Gasteiger partial charge >= 0.3 is 5.97 Å². The first-order valence-electron chi connectivity index (χ1n) is 12.1. The summed E-state index contributed by atoms with van der Waals surface area (Å²) < 4.78 is 11.1. The van der Waals surface area contributed by atoms with Gasteiger partial charge in [0.2, 0.25) is 5.91 Å². The predicted molar refractivity (Wildman–Crippen MR) is 135 cm³/mol. The quantitative estimate of drug-likeness (QED) is 0.446. The second-order valence-corrected chi connectivity index (χ2v) is 8.74. The summed E-state index contributed by atoms with van der Waals surface area (Å²) in [6.07, 6.45) is 0.137. The second-order valence-electron chi connectivity index (χ2n) is 8.74. The van der Waals surface area contributed by atoms with Crippen molar-refractivity contribution in [1.82, 2.24) is 10.2 Å². The molecule has 0 saturated heterocycles. The third-order valence-corrected chi connectivity index (χ3v) is 6.37. The van der Waals surface area contributed by atoms with Crippen LogP contribution in [0.15, 0.2) is 88.5 Å². The van der Waals surface area contributed by atoms with Gasteiger partial charge in [-0.25, -0.2) is 4.79 Å². The van der Waals surface area contributed by atoms with Crippen LogP contribution < -0.4 is 5.32 Å². The molecule has 2 amide bonds. The summed E-state index contributed by atoms with van der Waals surface area (Å²) in [6, 6.07) is 22.2. The predicted octanol–water partition coefficient (Wildman–Crippen LogP) is 5.12. The maximum absolute atomic E-state index is 13.2. The van der Waals surface area contributed by atoms with E-state index in [4.69, 9.17) is 9.15 Å². The fraction of sp³-hybridized carbons (Fsp3) is 0.276. The lowest BCUT2D eigenvalue weighted by atomic mass is 9.83. The molecule has 3 aromatic rings. The molecule has 2 aromatic carbocycles. The van der Waals surface area contributed by atoms with E-state index in [1.165, 1.54) is 4.90 Å². The van der Waals surface area contributed by atoms with E-state index in [2.05, 4.69) is 5.32 Å². The Bertz CT molecular complexity index is 1260. The third-order valence-electron chi connectivity index (χ3n) is 6.37. The largest absolute Gasteiger partial charge is 0.463 e. The molecule has 4 rings (SSSR count). The number of furan rings is 1. The Hall–Kier alpha value is -4.13. The van der Waals surface area contributed by atoms with Crippen molar-refractivity contribution in [1.29, 1.82) is 0 Å². The Labute approximate surface area is 210 Å². The number of hydrogen-bond donors (Lipinski definition) is 1. The number of allylic oxidation sites excluding steroid dienone is 1. The van der Waals surface area contributed by atoms with Gasteiger partial charge in [0.25, 0.3) is 5.91 Å². The average molecular weight is 487 g/mol. The zero-order valence-corrected chi connectivity index (χ0v) is 20.7. The SMILES string of the molecule is CCOC(=O)C1=C(C)N(Cc2ccc(C(=O)NC(C)c3ccccc3)o2)C(=O)CC1c1ccccc1. The highest BCUT2D eigenvalue weighted by Crippen LogP contribution is 2.37. The number of benzene rings is 2. The normalized spacial score (nSPS) is 16.6. The number of esters is 1. The number of carbonyl (C=O) groups excluding carboxylic acids is 3. The molecule has 0 aliphatic carbocycles. The molecule has 1 aliphatic heterocycles. The van der Waals surface area contributed by atoms with Gasteiger partial charge in [0.1, 0.15) is 5.76 Å². The van der Waals surface area contributed by atoms with E-state index in [1.54, 1.807) is 26.0 Å². The molecular formula is C29H30N2O5. The van der Waals surface area contributed by atoms with Crippen LogP contribution in [0.3, 0.4) is 0 Å². The van der Waals surface area contributed by atoms with Gasteiger partial charge in [-0.3, -0.25) is 9.59 Å². The van der Waals surface area contributed by atoms with Crippen LogP contribution in [-0.4, -0.2) is 29.3 Å². The first-order valence-corrected chi connectivity index (χ1v) is 12.1. The Morgan fingerprint density at radius 3 is 2.39 bits per heavy atom. The van der Waals surface area contributed by atoms with Crippen LogP contribution in [0.5, 0.6) is 0 Å². The molecule has 0 bridgehead atoms. The van der Waals surface area contributed by atoms with E-state index in [0.717, 1.165) is 11.1 Å². The summed E-state index contributed by atoms with van der Waals surface area (Å²) in [5.74, 6) is -0.684. The van der Waals surface area contributed by atoms with Gasteiger partial charge in [0.15, 0.2) is 5.76 Å². The van der Waals surface area contributed by atoms with Gasteiger partial charge in [-0.05, 0) is 44.0 Å². The summed E-state index contributed by atoms with van der Waals surface area (Å²) >= 11 is 0. The van der Waals surface area contributed by atoms with E-state index in [9.17, 15) is 14.4 Å². The van der Waals surface area contributed by atoms with Gasteiger partial charge in [-0.1, -0.05) is 60.7 Å². The molecule has 0 radical (unpaired) electrons. The van der Waals surface area contributed by atoms with Gasteiger partial charge in [0.05, 0.1) is 24.8 Å². The Kier molecular flexibility index (Phi) is 7.68. The summed E-state index contributed by atoms with van der Waals surface area (Å²) in [4.78, 5) is 40.3. The van der Waals surface area contributed by atoms with Crippen molar-refractivity contribution in [3.63, 3.8) is 0 Å². The highest BCUT2D eigenvalue weighted by molar-refractivity contribution is 5.96. The molecule has 36 heavy (non-hydrogen) atoms. The lowest BCUT2D eigenvalue weighted by Gasteiger charge is -2.34. The van der Waals surface area contributed by atoms with E-state index in [0.29, 0.717) is 17.0 Å². The van der Waals surface area contributed by atoms with Crippen LogP contribution in [0.25, 0.3) is 0 Å². The summed E-state index contributed by atoms with van der Waals surface area (Å²) in [5.41, 5.74) is 2.86. The number of nitrogens with one attached hydrogen (secondary N) is 1. The maximum Gasteiger partial charge on any atom is 0.336 e. The fourth-order valence-corrected chi connectivity index (χ4v) is 4.48. The van der Waals surface area contributed by atoms with Crippen molar-refractivity contribution in [2.24, 2.45) is 0 Å². The minimum absolute atomic E-state index is 0.108. The minimum atomic E-state index is -0.434. The van der Waals surface area contributed by atoms with Crippen molar-refractivity contribution in [3.8, 4) is 0 Å². The number of hydrogen-bond acceptors (Lipinski definition) is 5. The first kappa shape index (κ1) is 25.0. The highest BCUT2D eigenvalue weighted by Gasteiger charge is 2.37. The summed E-state index contributed by atoms with van der Waals surface area (Å²) in [5, 5.41) is 2.92. The molecule has 1 N–H and O–H groups in total. The van der Waals surface area contributed by atoms with Crippen molar-refractivity contribution >= 4 is 17.8 Å². The summed E-state index contributed by atoms with van der Waals surface area (Å²) in [7, 11) is 0. The standard InChI is InChI=1S/C29H30N2O5/c1-4-35-29(34)27-20(3)31(26(32)17-24(27)22-13-9-6-10-14-22)18-23-15-16-25(36-23)28(33)30-19(2)21-11-7-5-8-12-21/h5-16,19,24H,4,17-18H2,1-3H3,(H,30,33). The number of ether oxygens (including phenoxy) is 1. The van der Waals surface area contributed by atoms with Crippen molar-refractivity contribution < 1.29 is 23.5 Å². The molecule has 1 aromatic heterocycles. The minimum Gasteiger partial charge on any atom is -0.463 e. The smallest absolute Gasteiger partial charge is 0.336 e. The van der Waals surface area contributed by atoms with Crippen molar-refractivity contribution in [3.05, 3.63) is 107 Å². The zero-order chi connectivity index (χ0) is 25.7. The van der Waals surface area contributed by atoms with Crippen LogP contribution in [0.4, 0.5) is 0 Å². The monoisotopic (exact) mass is 486 g/mol. The first-order chi connectivity index (χ1) is 17.4. The van der Waals surface area contributed by atoms with E-state index in [-0.39, 0.29) is 49.1 Å². The van der Waals surface area contributed by atoms with E-state index in [1.807, 2.05) is 67.6 Å². The van der Waals surface area contributed by atoms with Crippen molar-refractivity contribution in [2.75, 3.05) is 6.61 Å². The molecule has 1 aliphatic rings. The lowest BCUT2D eigenvalue weighted by Crippen LogP contribution is -2.38. The van der Waals surface area contributed by atoms with Gasteiger partial charge < -0.3 is 19.4 Å². The Morgan fingerprint density at radius 2 is 1.72 bits per heavy atom. The van der Waals surface area contributed by atoms with E-state index < -0.39 is 5.97 Å². The van der Waals surface area contributed by atoms with Gasteiger partial charge in [-0.2, -0.15) is 0 Å². The molecular weight excluding hydrogens is 456 g/mol. The lowest BCUT2D eigenvalue weighted by molar-refractivity contribution is -0.140. The molecule has 2 unspecified atom stereocenters. The highest BCUT2D eigenvalue weighted by atomic mass is 16.5. The van der Waals surface area contributed by atoms with Crippen LogP contribution in [0.1, 0.15) is 66.6 Å². The van der Waals surface area contributed by atoms with Crippen LogP contribution in [0, 0.1) is 0 Å². The topological polar surface area (TPSA) is 88.8 Å². The molecule has 2 atom stereocenters. The third kappa shape index (κ3) is 5.40. The van der Waals surface area contributed by atoms with Crippen LogP contribution in [-0.2, 0) is 20.9 Å². The molecule has 0 fully saturated rings. The number of rotatable bonds is 8. The van der Waals surface area contributed by atoms with E-state index >= 15 is 0 Å². The summed E-state index contributed by atoms with van der Waals surface area (Å²) in [6.45, 7) is 5.75. The second kappa shape index (κ2) is 11.1. The molecule has 7 nitrogen and oxygen atoms in total. The van der Waals surface area contributed by atoms with Gasteiger partial charge in [0, 0.05) is 18.0 Å². The van der Waals surface area contributed by atoms with Crippen molar-refractivity contribution in [2.45, 2.75) is 45.7 Å². The fourth-order valence-electron chi connectivity index (χ4n) is 4.48. The Morgan fingerprint density at radius 1 is 1.06 bits per heavy atom. The zero-order valence-electron chi connectivity index (χ0n) is 20.7.